The molecule has 1 aromatic heterocycles. The lowest BCUT2D eigenvalue weighted by atomic mass is 10.2. The lowest BCUT2D eigenvalue weighted by molar-refractivity contribution is -0.144. The summed E-state index contributed by atoms with van der Waals surface area (Å²) in [5.41, 5.74) is 0.916. The lowest BCUT2D eigenvalue weighted by Crippen LogP contribution is -2.21. The average Bonchev–Trinajstić information content (AvgIpc) is 2.97. The predicted molar refractivity (Wildman–Crippen MR) is 104 cm³/mol. The highest BCUT2D eigenvalue weighted by molar-refractivity contribution is 7.92. The number of benzene rings is 2. The summed E-state index contributed by atoms with van der Waals surface area (Å²) in [6.45, 7) is 3.31. The Kier molecular flexibility index (Phi) is 5.73. The second-order valence-corrected chi connectivity index (χ2v) is 8.05. The van der Waals surface area contributed by atoms with E-state index < -0.39 is 27.6 Å². The number of nitrogens with zero attached hydrogens (tertiary/aromatic N) is 1. The zero-order valence-electron chi connectivity index (χ0n) is 15.8. The SMILES string of the molecule is CCCOC(=O)Cn1c(=O)oc2cc(S(=O)(=O)Nc3ccc(F)cc3C)ccc21. The van der Waals surface area contributed by atoms with Crippen molar-refractivity contribution in [2.24, 2.45) is 0 Å². The molecule has 3 aromatic rings. The van der Waals surface area contributed by atoms with Gasteiger partial charge in [0.25, 0.3) is 10.0 Å². The van der Waals surface area contributed by atoms with E-state index in [-0.39, 0.29) is 34.8 Å². The van der Waals surface area contributed by atoms with Crippen molar-refractivity contribution < 1.29 is 26.8 Å². The molecule has 0 bridgehead atoms. The van der Waals surface area contributed by atoms with E-state index in [9.17, 15) is 22.4 Å². The fourth-order valence-corrected chi connectivity index (χ4v) is 3.85. The number of aryl methyl sites for hydroxylation is 1. The summed E-state index contributed by atoms with van der Waals surface area (Å²) >= 11 is 0. The normalized spacial score (nSPS) is 11.6. The molecule has 2 aromatic carbocycles. The molecule has 0 aliphatic carbocycles. The first kappa shape index (κ1) is 20.6. The van der Waals surface area contributed by atoms with Crippen molar-refractivity contribution in [3.8, 4) is 0 Å². The van der Waals surface area contributed by atoms with Gasteiger partial charge in [-0.2, -0.15) is 0 Å². The van der Waals surface area contributed by atoms with Crippen LogP contribution < -0.4 is 10.5 Å². The molecule has 0 unspecified atom stereocenters. The van der Waals surface area contributed by atoms with Crippen LogP contribution in [-0.2, 0) is 26.1 Å². The molecule has 0 saturated heterocycles. The first-order valence-corrected chi connectivity index (χ1v) is 10.3. The first-order chi connectivity index (χ1) is 13.7. The lowest BCUT2D eigenvalue weighted by Gasteiger charge is -2.10. The summed E-state index contributed by atoms with van der Waals surface area (Å²) in [6.07, 6.45) is 0.647. The van der Waals surface area contributed by atoms with Gasteiger partial charge >= 0.3 is 11.7 Å². The third-order valence-electron chi connectivity index (χ3n) is 4.14. The van der Waals surface area contributed by atoms with Crippen molar-refractivity contribution in [3.05, 3.63) is 58.3 Å². The van der Waals surface area contributed by atoms with Crippen LogP contribution in [0.3, 0.4) is 0 Å². The molecule has 0 aliphatic heterocycles. The maximum Gasteiger partial charge on any atom is 0.420 e. The summed E-state index contributed by atoms with van der Waals surface area (Å²) < 4.78 is 52.0. The summed E-state index contributed by atoms with van der Waals surface area (Å²) in [6, 6.07) is 7.51. The number of sulfonamides is 1. The first-order valence-electron chi connectivity index (χ1n) is 8.79. The van der Waals surface area contributed by atoms with E-state index in [0.717, 1.165) is 10.6 Å². The number of ether oxygens (including phenoxy) is 1. The number of fused-ring (bicyclic) bond motifs is 1. The van der Waals surface area contributed by atoms with E-state index in [4.69, 9.17) is 9.15 Å². The molecule has 154 valence electrons. The highest BCUT2D eigenvalue weighted by atomic mass is 32.2. The van der Waals surface area contributed by atoms with E-state index in [1.54, 1.807) is 6.92 Å². The molecule has 0 saturated carbocycles. The van der Waals surface area contributed by atoms with Crippen LogP contribution in [0.4, 0.5) is 10.1 Å². The van der Waals surface area contributed by atoms with Gasteiger partial charge in [0, 0.05) is 6.07 Å². The predicted octanol–water partition coefficient (Wildman–Crippen LogP) is 2.80. The fraction of sp³-hybridized carbons (Fsp3) is 0.263. The number of aromatic nitrogens is 1. The maximum atomic E-state index is 13.2. The molecular formula is C19H19FN2O6S. The number of oxazole rings is 1. The molecule has 3 rings (SSSR count). The Morgan fingerprint density at radius 1 is 1.24 bits per heavy atom. The smallest absolute Gasteiger partial charge is 0.420 e. The Balaban J connectivity index is 1.91. The summed E-state index contributed by atoms with van der Waals surface area (Å²) in [5, 5.41) is 0. The number of anilines is 1. The van der Waals surface area contributed by atoms with Gasteiger partial charge in [0.1, 0.15) is 12.4 Å². The minimum atomic E-state index is -4.01. The number of halogens is 1. The zero-order valence-corrected chi connectivity index (χ0v) is 16.6. The summed E-state index contributed by atoms with van der Waals surface area (Å²) in [4.78, 5) is 23.7. The Labute approximate surface area is 165 Å². The van der Waals surface area contributed by atoms with Crippen LogP contribution in [-0.4, -0.2) is 25.6 Å². The molecule has 0 amide bonds. The Morgan fingerprint density at radius 2 is 2.00 bits per heavy atom. The van der Waals surface area contributed by atoms with Crippen LogP contribution in [0.2, 0.25) is 0 Å². The highest BCUT2D eigenvalue weighted by Crippen LogP contribution is 2.23. The molecule has 10 heteroatoms. The van der Waals surface area contributed by atoms with Crippen molar-refractivity contribution in [3.63, 3.8) is 0 Å². The van der Waals surface area contributed by atoms with Crippen LogP contribution in [0.25, 0.3) is 11.1 Å². The quantitative estimate of drug-likeness (QED) is 0.587. The van der Waals surface area contributed by atoms with Crippen molar-refractivity contribution in [1.82, 2.24) is 4.57 Å². The maximum absolute atomic E-state index is 13.2. The summed E-state index contributed by atoms with van der Waals surface area (Å²) in [5.74, 6) is -1.88. The third-order valence-corrected chi connectivity index (χ3v) is 5.50. The highest BCUT2D eigenvalue weighted by Gasteiger charge is 2.20. The van der Waals surface area contributed by atoms with Crippen molar-refractivity contribution in [2.75, 3.05) is 11.3 Å². The molecule has 29 heavy (non-hydrogen) atoms. The Morgan fingerprint density at radius 3 is 2.69 bits per heavy atom. The fourth-order valence-electron chi connectivity index (χ4n) is 2.70. The van der Waals surface area contributed by atoms with Crippen LogP contribution in [0.15, 0.2) is 50.5 Å². The van der Waals surface area contributed by atoms with E-state index >= 15 is 0 Å². The van der Waals surface area contributed by atoms with Crippen LogP contribution >= 0.6 is 0 Å². The van der Waals surface area contributed by atoms with Gasteiger partial charge in [0.05, 0.1) is 22.7 Å². The van der Waals surface area contributed by atoms with Gasteiger partial charge < -0.3 is 9.15 Å². The van der Waals surface area contributed by atoms with Crippen molar-refractivity contribution >= 4 is 32.8 Å². The van der Waals surface area contributed by atoms with Crippen LogP contribution in [0, 0.1) is 12.7 Å². The molecule has 0 atom stereocenters. The molecule has 1 heterocycles. The van der Waals surface area contributed by atoms with E-state index in [0.29, 0.717) is 12.0 Å². The Hall–Kier alpha value is -3.14. The van der Waals surface area contributed by atoms with E-state index in [1.165, 1.54) is 30.3 Å². The van der Waals surface area contributed by atoms with Gasteiger partial charge in [-0.25, -0.2) is 17.6 Å². The van der Waals surface area contributed by atoms with Gasteiger partial charge in [-0.1, -0.05) is 6.92 Å². The minimum absolute atomic E-state index is 0.0111. The third kappa shape index (κ3) is 4.48. The van der Waals surface area contributed by atoms with Crippen LogP contribution in [0.5, 0.6) is 0 Å². The van der Waals surface area contributed by atoms with E-state index in [2.05, 4.69) is 4.72 Å². The number of carbonyl (C=O) groups is 1. The molecule has 0 spiro atoms. The second-order valence-electron chi connectivity index (χ2n) is 6.37. The average molecular weight is 422 g/mol. The van der Waals surface area contributed by atoms with Gasteiger partial charge in [0.2, 0.25) is 0 Å². The summed E-state index contributed by atoms with van der Waals surface area (Å²) in [7, 11) is -4.01. The van der Waals surface area contributed by atoms with Gasteiger partial charge in [-0.15, -0.1) is 0 Å². The Bertz CT molecular complexity index is 1230. The zero-order chi connectivity index (χ0) is 21.2. The molecule has 8 nitrogen and oxygen atoms in total. The standard InChI is InChI=1S/C19H19FN2O6S/c1-3-8-27-18(23)11-22-16-7-5-14(10-17(16)28-19(22)24)29(25,26)21-15-6-4-13(20)9-12(15)2/h4-7,9-10,21H,3,8,11H2,1-2H3. The van der Waals surface area contributed by atoms with Crippen LogP contribution in [0.1, 0.15) is 18.9 Å². The number of rotatable bonds is 7. The molecule has 0 fully saturated rings. The molecule has 0 aliphatic rings. The molecule has 0 radical (unpaired) electrons. The second kappa shape index (κ2) is 8.08. The number of hydrogen-bond donors (Lipinski definition) is 1. The topological polar surface area (TPSA) is 108 Å². The molecular weight excluding hydrogens is 403 g/mol. The monoisotopic (exact) mass is 422 g/mol. The molecule has 1 N–H and O–H groups in total. The number of carbonyl (C=O) groups excluding carboxylic acids is 1. The minimum Gasteiger partial charge on any atom is -0.464 e. The van der Waals surface area contributed by atoms with Crippen molar-refractivity contribution in [2.45, 2.75) is 31.7 Å². The number of hydrogen-bond acceptors (Lipinski definition) is 6. The van der Waals surface area contributed by atoms with E-state index in [1.807, 2.05) is 6.92 Å². The van der Waals surface area contributed by atoms with Crippen molar-refractivity contribution in [1.29, 1.82) is 0 Å². The number of nitrogens with one attached hydrogen (secondary N) is 1. The van der Waals surface area contributed by atoms with Gasteiger partial charge in [-0.3, -0.25) is 14.1 Å². The largest absolute Gasteiger partial charge is 0.464 e. The van der Waals surface area contributed by atoms with Gasteiger partial charge in [0.15, 0.2) is 5.58 Å². The van der Waals surface area contributed by atoms with Gasteiger partial charge in [-0.05, 0) is 49.2 Å². The number of esters is 1.